The molecule has 0 aliphatic carbocycles. The van der Waals surface area contributed by atoms with E-state index in [-0.39, 0.29) is 11.5 Å². The first-order chi connectivity index (χ1) is 8.99. The van der Waals surface area contributed by atoms with Crippen molar-refractivity contribution in [3.63, 3.8) is 0 Å². The number of rotatable bonds is 6. The van der Waals surface area contributed by atoms with E-state index in [0.29, 0.717) is 19.1 Å². The molecule has 112 valence electrons. The van der Waals surface area contributed by atoms with Crippen LogP contribution in [0.4, 0.5) is 0 Å². The van der Waals surface area contributed by atoms with Crippen molar-refractivity contribution in [1.29, 1.82) is 0 Å². The van der Waals surface area contributed by atoms with Gasteiger partial charge < -0.3 is 9.64 Å². The van der Waals surface area contributed by atoms with Gasteiger partial charge in [-0.2, -0.15) is 0 Å². The van der Waals surface area contributed by atoms with Gasteiger partial charge in [0.25, 0.3) is 0 Å². The van der Waals surface area contributed by atoms with Crippen LogP contribution in [0.25, 0.3) is 0 Å². The van der Waals surface area contributed by atoms with Crippen molar-refractivity contribution in [2.75, 3.05) is 33.3 Å². The zero-order valence-corrected chi connectivity index (χ0v) is 13.2. The van der Waals surface area contributed by atoms with E-state index in [1.165, 1.54) is 0 Å². The third-order valence-corrected chi connectivity index (χ3v) is 4.57. The summed E-state index contributed by atoms with van der Waals surface area (Å²) in [6.45, 7) is 12.0. The topological polar surface area (TPSA) is 32.8 Å². The van der Waals surface area contributed by atoms with E-state index in [2.05, 4.69) is 37.6 Å². The van der Waals surface area contributed by atoms with Crippen LogP contribution in [-0.4, -0.2) is 60.6 Å². The Labute approximate surface area is 118 Å². The van der Waals surface area contributed by atoms with E-state index >= 15 is 0 Å². The first kappa shape index (κ1) is 16.4. The highest BCUT2D eigenvalue weighted by Gasteiger charge is 2.42. The molecule has 1 saturated heterocycles. The highest BCUT2D eigenvalue weighted by Crippen LogP contribution is 2.35. The minimum atomic E-state index is -0.0499. The van der Waals surface area contributed by atoms with Crippen LogP contribution < -0.4 is 0 Å². The maximum absolute atomic E-state index is 12.0. The first-order valence-electron chi connectivity index (χ1n) is 7.60. The quantitative estimate of drug-likeness (QED) is 0.692. The summed E-state index contributed by atoms with van der Waals surface area (Å²) < 4.78 is 5.19. The molecular formula is C15H30N2O2. The van der Waals surface area contributed by atoms with Gasteiger partial charge in [0.05, 0.1) is 13.0 Å². The van der Waals surface area contributed by atoms with Gasteiger partial charge in [0.2, 0.25) is 0 Å². The standard InChI is InChI=1S/C15H30N2O2/c1-6-17(7-2)15(12-14(18)19-8-3)9-10-16(5)13(4)11-15/h13H,6-12H2,1-5H3. The normalized spacial score (nSPS) is 28.6. The summed E-state index contributed by atoms with van der Waals surface area (Å²) in [4.78, 5) is 16.8. The molecule has 4 nitrogen and oxygen atoms in total. The highest BCUT2D eigenvalue weighted by molar-refractivity contribution is 5.71. The van der Waals surface area contributed by atoms with Gasteiger partial charge >= 0.3 is 5.97 Å². The summed E-state index contributed by atoms with van der Waals surface area (Å²) in [7, 11) is 2.17. The molecular weight excluding hydrogens is 240 g/mol. The molecule has 0 aromatic heterocycles. The third-order valence-electron chi connectivity index (χ3n) is 4.57. The largest absolute Gasteiger partial charge is 0.466 e. The molecule has 0 bridgehead atoms. The van der Waals surface area contributed by atoms with E-state index in [0.717, 1.165) is 32.5 Å². The smallest absolute Gasteiger partial charge is 0.307 e. The Kier molecular flexibility index (Phi) is 6.27. The van der Waals surface area contributed by atoms with Gasteiger partial charge in [-0.25, -0.2) is 0 Å². The lowest BCUT2D eigenvalue weighted by Crippen LogP contribution is -2.58. The molecule has 1 heterocycles. The van der Waals surface area contributed by atoms with E-state index in [9.17, 15) is 4.79 Å². The molecule has 0 radical (unpaired) electrons. The number of nitrogens with zero attached hydrogens (tertiary/aromatic N) is 2. The molecule has 0 N–H and O–H groups in total. The Morgan fingerprint density at radius 3 is 2.47 bits per heavy atom. The van der Waals surface area contributed by atoms with E-state index in [1.54, 1.807) is 0 Å². The minimum Gasteiger partial charge on any atom is -0.466 e. The monoisotopic (exact) mass is 270 g/mol. The fraction of sp³-hybridized carbons (Fsp3) is 0.933. The summed E-state index contributed by atoms with van der Waals surface area (Å²) in [6.07, 6.45) is 2.62. The predicted molar refractivity (Wildman–Crippen MR) is 78.2 cm³/mol. The number of likely N-dealkylation sites (tertiary alicyclic amines) is 1. The number of carbonyl (C=O) groups excluding carboxylic acids is 1. The fourth-order valence-electron chi connectivity index (χ4n) is 3.35. The van der Waals surface area contributed by atoms with Gasteiger partial charge in [0.1, 0.15) is 0 Å². The molecule has 1 rings (SSSR count). The number of ether oxygens (including phenoxy) is 1. The van der Waals surface area contributed by atoms with Crippen LogP contribution in [0.1, 0.15) is 47.0 Å². The molecule has 2 unspecified atom stereocenters. The van der Waals surface area contributed by atoms with Gasteiger partial charge in [-0.3, -0.25) is 9.69 Å². The minimum absolute atomic E-state index is 0.0122. The Morgan fingerprint density at radius 1 is 1.37 bits per heavy atom. The van der Waals surface area contributed by atoms with Crippen molar-refractivity contribution < 1.29 is 9.53 Å². The molecule has 0 aromatic carbocycles. The average molecular weight is 270 g/mol. The summed E-state index contributed by atoms with van der Waals surface area (Å²) in [6, 6.07) is 0.517. The van der Waals surface area contributed by atoms with Crippen LogP contribution in [-0.2, 0) is 9.53 Å². The lowest BCUT2D eigenvalue weighted by molar-refractivity contribution is -0.148. The van der Waals surface area contributed by atoms with Crippen molar-refractivity contribution in [1.82, 2.24) is 9.80 Å². The van der Waals surface area contributed by atoms with Crippen LogP contribution in [0.3, 0.4) is 0 Å². The average Bonchev–Trinajstić information content (AvgIpc) is 2.36. The highest BCUT2D eigenvalue weighted by atomic mass is 16.5. The van der Waals surface area contributed by atoms with Crippen LogP contribution >= 0.6 is 0 Å². The Bertz CT molecular complexity index is 292. The van der Waals surface area contributed by atoms with E-state index in [1.807, 2.05) is 6.92 Å². The number of carbonyl (C=O) groups is 1. The molecule has 1 fully saturated rings. The van der Waals surface area contributed by atoms with Crippen molar-refractivity contribution >= 4 is 5.97 Å². The van der Waals surface area contributed by atoms with Gasteiger partial charge in [-0.1, -0.05) is 13.8 Å². The third kappa shape index (κ3) is 3.93. The number of hydrogen-bond donors (Lipinski definition) is 0. The van der Waals surface area contributed by atoms with Gasteiger partial charge in [0.15, 0.2) is 0 Å². The van der Waals surface area contributed by atoms with Gasteiger partial charge in [-0.15, -0.1) is 0 Å². The predicted octanol–water partition coefficient (Wildman–Crippen LogP) is 2.13. The number of hydrogen-bond acceptors (Lipinski definition) is 4. The summed E-state index contributed by atoms with van der Waals surface area (Å²) >= 11 is 0. The molecule has 0 spiro atoms. The maximum atomic E-state index is 12.0. The molecule has 4 heteroatoms. The lowest BCUT2D eigenvalue weighted by Gasteiger charge is -2.50. The maximum Gasteiger partial charge on any atom is 0.307 e. The van der Waals surface area contributed by atoms with Crippen LogP contribution in [0, 0.1) is 0 Å². The molecule has 0 saturated carbocycles. The van der Waals surface area contributed by atoms with Crippen molar-refractivity contribution in [3.8, 4) is 0 Å². The van der Waals surface area contributed by atoms with E-state index in [4.69, 9.17) is 4.74 Å². The summed E-state index contributed by atoms with van der Waals surface area (Å²) in [5.74, 6) is -0.0499. The second-order valence-corrected chi connectivity index (χ2v) is 5.66. The first-order valence-corrected chi connectivity index (χ1v) is 7.60. The second kappa shape index (κ2) is 7.25. The summed E-state index contributed by atoms with van der Waals surface area (Å²) in [5.41, 5.74) is -0.0122. The van der Waals surface area contributed by atoms with Gasteiger partial charge in [0, 0.05) is 11.6 Å². The zero-order chi connectivity index (χ0) is 14.5. The second-order valence-electron chi connectivity index (χ2n) is 5.66. The van der Waals surface area contributed by atoms with Crippen LogP contribution in [0.5, 0.6) is 0 Å². The molecule has 2 atom stereocenters. The van der Waals surface area contributed by atoms with Crippen LogP contribution in [0.15, 0.2) is 0 Å². The van der Waals surface area contributed by atoms with Gasteiger partial charge in [-0.05, 0) is 53.4 Å². The molecule has 1 aliphatic heterocycles. The molecule has 0 amide bonds. The SMILES string of the molecule is CCOC(=O)CC1(N(CC)CC)CCN(C)C(C)C1. The van der Waals surface area contributed by atoms with Crippen molar-refractivity contribution in [2.45, 2.75) is 58.5 Å². The number of piperidine rings is 1. The molecule has 19 heavy (non-hydrogen) atoms. The Morgan fingerprint density at radius 2 is 2.00 bits per heavy atom. The van der Waals surface area contributed by atoms with Crippen molar-refractivity contribution in [3.05, 3.63) is 0 Å². The van der Waals surface area contributed by atoms with Crippen molar-refractivity contribution in [2.24, 2.45) is 0 Å². The Balaban J connectivity index is 2.87. The number of esters is 1. The van der Waals surface area contributed by atoms with E-state index < -0.39 is 0 Å². The summed E-state index contributed by atoms with van der Waals surface area (Å²) in [5, 5.41) is 0. The fourth-order valence-corrected chi connectivity index (χ4v) is 3.35. The Hall–Kier alpha value is -0.610. The lowest BCUT2D eigenvalue weighted by atomic mass is 9.79. The zero-order valence-electron chi connectivity index (χ0n) is 13.2. The molecule has 1 aliphatic rings. The van der Waals surface area contributed by atoms with Crippen LogP contribution in [0.2, 0.25) is 0 Å². The molecule has 0 aromatic rings.